The summed E-state index contributed by atoms with van der Waals surface area (Å²) in [5.74, 6) is 0.383. The van der Waals surface area contributed by atoms with E-state index in [4.69, 9.17) is 44.0 Å². The van der Waals surface area contributed by atoms with Crippen LogP contribution in [0, 0.1) is 0 Å². The quantitative estimate of drug-likeness (QED) is 0.304. The van der Waals surface area contributed by atoms with E-state index in [0.717, 1.165) is 0 Å². The smallest absolute Gasteiger partial charge is 0.338 e. The first-order chi connectivity index (χ1) is 17.3. The maximum atomic E-state index is 13.6. The standard InChI is InChI=1S/C26H17Cl3N2O4S/c1-13-22(25(33)34-2)23(16-5-3-4-6-18(16)28)31-24(32)21(36-26(31)30-13)12-15-8-10-20(35-15)17-11-14(27)7-9-19(17)29/h3-12,23H,1-2H3/b21-12+/t23-/m0/s1. The van der Waals surface area contributed by atoms with Crippen LogP contribution >= 0.6 is 46.1 Å². The normalized spacial score (nSPS) is 15.6. The van der Waals surface area contributed by atoms with Gasteiger partial charge in [0.05, 0.1) is 27.9 Å². The number of benzene rings is 2. The summed E-state index contributed by atoms with van der Waals surface area (Å²) in [5, 5.41) is 1.43. The van der Waals surface area contributed by atoms with Gasteiger partial charge >= 0.3 is 5.97 Å². The molecule has 0 unspecified atom stereocenters. The molecule has 0 fully saturated rings. The maximum Gasteiger partial charge on any atom is 0.338 e. The molecule has 0 saturated heterocycles. The summed E-state index contributed by atoms with van der Waals surface area (Å²) < 4.78 is 12.8. The highest BCUT2D eigenvalue weighted by Crippen LogP contribution is 2.35. The number of fused-ring (bicyclic) bond motifs is 1. The van der Waals surface area contributed by atoms with Gasteiger partial charge in [0, 0.05) is 21.7 Å². The fourth-order valence-electron chi connectivity index (χ4n) is 4.07. The van der Waals surface area contributed by atoms with Gasteiger partial charge in [0.25, 0.3) is 5.56 Å². The van der Waals surface area contributed by atoms with Crippen LogP contribution in [0.5, 0.6) is 0 Å². The van der Waals surface area contributed by atoms with Crippen LogP contribution in [0.3, 0.4) is 0 Å². The molecule has 4 aromatic rings. The lowest BCUT2D eigenvalue weighted by Crippen LogP contribution is -2.39. The molecule has 1 aliphatic rings. The Hall–Kier alpha value is -3.10. The number of hydrogen-bond acceptors (Lipinski definition) is 6. The lowest BCUT2D eigenvalue weighted by atomic mass is 9.96. The van der Waals surface area contributed by atoms with Gasteiger partial charge in [-0.05, 0) is 48.9 Å². The number of carbonyl (C=O) groups excluding carboxylic acids is 1. The van der Waals surface area contributed by atoms with Gasteiger partial charge in [0.2, 0.25) is 0 Å². The highest BCUT2D eigenvalue weighted by Gasteiger charge is 2.34. The number of nitrogens with zero attached hydrogens (tertiary/aromatic N) is 2. The van der Waals surface area contributed by atoms with E-state index in [9.17, 15) is 9.59 Å². The molecule has 0 spiro atoms. The van der Waals surface area contributed by atoms with Crippen LogP contribution in [0.2, 0.25) is 15.1 Å². The van der Waals surface area contributed by atoms with Crippen LogP contribution in [0.25, 0.3) is 17.4 Å². The molecule has 0 bridgehead atoms. The Balaban J connectivity index is 1.67. The summed E-state index contributed by atoms with van der Waals surface area (Å²) >= 11 is 20.1. The number of methoxy groups -OCH3 is 1. The molecule has 6 nitrogen and oxygen atoms in total. The zero-order valence-electron chi connectivity index (χ0n) is 18.9. The molecule has 5 rings (SSSR count). The first-order valence-electron chi connectivity index (χ1n) is 10.7. The van der Waals surface area contributed by atoms with Gasteiger partial charge in [-0.1, -0.05) is 64.3 Å². The first kappa shape index (κ1) is 24.6. The number of halogens is 3. The molecule has 10 heteroatoms. The molecule has 2 aromatic heterocycles. The van der Waals surface area contributed by atoms with Crippen molar-refractivity contribution in [3.05, 3.63) is 112 Å². The molecule has 1 aliphatic heterocycles. The number of thiazole rings is 1. The Kier molecular flexibility index (Phi) is 6.66. The molecule has 2 aromatic carbocycles. The van der Waals surface area contributed by atoms with Crippen LogP contribution in [0.4, 0.5) is 0 Å². The van der Waals surface area contributed by atoms with E-state index in [1.54, 1.807) is 67.6 Å². The van der Waals surface area contributed by atoms with Gasteiger partial charge in [0.1, 0.15) is 17.6 Å². The molecule has 36 heavy (non-hydrogen) atoms. The van der Waals surface area contributed by atoms with Crippen LogP contribution in [0.1, 0.15) is 24.3 Å². The second-order valence-electron chi connectivity index (χ2n) is 7.92. The molecule has 0 radical (unpaired) electrons. The van der Waals surface area contributed by atoms with Crippen molar-refractivity contribution in [1.29, 1.82) is 0 Å². The fourth-order valence-corrected chi connectivity index (χ4v) is 5.72. The summed E-state index contributed by atoms with van der Waals surface area (Å²) in [6.07, 6.45) is 1.63. The summed E-state index contributed by atoms with van der Waals surface area (Å²) in [6, 6.07) is 14.9. The Morgan fingerprint density at radius 1 is 1.11 bits per heavy atom. The maximum absolute atomic E-state index is 13.6. The second-order valence-corrected chi connectivity index (χ2v) is 10.2. The van der Waals surface area contributed by atoms with E-state index in [2.05, 4.69) is 4.99 Å². The molecule has 182 valence electrons. The van der Waals surface area contributed by atoms with Gasteiger partial charge in [0.15, 0.2) is 4.80 Å². The number of furan rings is 1. The SMILES string of the molecule is COC(=O)C1=C(C)N=c2s/c(=C/c3ccc(-c4cc(Cl)ccc4Cl)o3)c(=O)n2[C@H]1c1ccccc1Cl. The third kappa shape index (κ3) is 4.33. The molecular weight excluding hydrogens is 543 g/mol. The fraction of sp³-hybridized carbons (Fsp3) is 0.115. The van der Waals surface area contributed by atoms with Crippen molar-refractivity contribution >= 4 is 58.2 Å². The predicted octanol–water partition coefficient (Wildman–Crippen LogP) is 5.63. The number of esters is 1. The monoisotopic (exact) mass is 558 g/mol. The molecule has 0 amide bonds. The lowest BCUT2D eigenvalue weighted by Gasteiger charge is -2.25. The molecule has 0 aliphatic carbocycles. The summed E-state index contributed by atoms with van der Waals surface area (Å²) in [6.45, 7) is 1.71. The number of hydrogen-bond donors (Lipinski definition) is 0. The van der Waals surface area contributed by atoms with Crippen molar-refractivity contribution in [2.24, 2.45) is 4.99 Å². The summed E-state index contributed by atoms with van der Waals surface area (Å²) in [5.41, 5.74) is 1.60. The topological polar surface area (TPSA) is 73.8 Å². The van der Waals surface area contributed by atoms with E-state index in [1.807, 2.05) is 0 Å². The first-order valence-corrected chi connectivity index (χ1v) is 12.6. The number of allylic oxidation sites excluding steroid dienone is 1. The van der Waals surface area contributed by atoms with Gasteiger partial charge in [-0.15, -0.1) is 0 Å². The predicted molar refractivity (Wildman–Crippen MR) is 141 cm³/mol. The number of ether oxygens (including phenoxy) is 1. The molecule has 0 saturated carbocycles. The van der Waals surface area contributed by atoms with Crippen molar-refractivity contribution in [2.75, 3.05) is 7.11 Å². The minimum Gasteiger partial charge on any atom is -0.466 e. The third-order valence-electron chi connectivity index (χ3n) is 5.72. The van der Waals surface area contributed by atoms with Gasteiger partial charge < -0.3 is 9.15 Å². The average Bonchev–Trinajstić information content (AvgIpc) is 3.44. The van der Waals surface area contributed by atoms with E-state index in [1.165, 1.54) is 23.0 Å². The van der Waals surface area contributed by atoms with Crippen LogP contribution in [-0.2, 0) is 9.53 Å². The Labute approximate surface area is 224 Å². The second kappa shape index (κ2) is 9.75. The largest absolute Gasteiger partial charge is 0.466 e. The summed E-state index contributed by atoms with van der Waals surface area (Å²) in [4.78, 5) is 31.3. The van der Waals surface area contributed by atoms with Gasteiger partial charge in [-0.2, -0.15) is 0 Å². The highest BCUT2D eigenvalue weighted by atomic mass is 35.5. The summed E-state index contributed by atoms with van der Waals surface area (Å²) in [7, 11) is 1.29. The minimum absolute atomic E-state index is 0.250. The number of aromatic nitrogens is 1. The average molecular weight is 560 g/mol. The molecule has 1 atom stereocenters. The van der Waals surface area contributed by atoms with Crippen molar-refractivity contribution in [1.82, 2.24) is 4.57 Å². The van der Waals surface area contributed by atoms with Crippen LogP contribution in [0.15, 0.2) is 80.1 Å². The van der Waals surface area contributed by atoms with E-state index < -0.39 is 12.0 Å². The van der Waals surface area contributed by atoms with Crippen molar-refractivity contribution in [3.63, 3.8) is 0 Å². The van der Waals surface area contributed by atoms with Crippen molar-refractivity contribution in [2.45, 2.75) is 13.0 Å². The van der Waals surface area contributed by atoms with Crippen LogP contribution in [-0.4, -0.2) is 17.6 Å². The zero-order valence-corrected chi connectivity index (χ0v) is 22.0. The van der Waals surface area contributed by atoms with Crippen molar-refractivity contribution < 1.29 is 13.9 Å². The van der Waals surface area contributed by atoms with E-state index in [-0.39, 0.29) is 11.1 Å². The van der Waals surface area contributed by atoms with Gasteiger partial charge in [-0.3, -0.25) is 9.36 Å². The van der Waals surface area contributed by atoms with Crippen molar-refractivity contribution in [3.8, 4) is 11.3 Å². The molecule has 3 heterocycles. The Bertz CT molecular complexity index is 1730. The lowest BCUT2D eigenvalue weighted by molar-refractivity contribution is -0.136. The Morgan fingerprint density at radius 2 is 1.89 bits per heavy atom. The zero-order chi connectivity index (χ0) is 25.6. The van der Waals surface area contributed by atoms with Gasteiger partial charge in [-0.25, -0.2) is 9.79 Å². The van der Waals surface area contributed by atoms with Crippen LogP contribution < -0.4 is 14.9 Å². The molecular formula is C26H17Cl3N2O4S. The number of carbonyl (C=O) groups is 1. The third-order valence-corrected chi connectivity index (χ3v) is 7.61. The minimum atomic E-state index is -0.790. The van der Waals surface area contributed by atoms with E-state index >= 15 is 0 Å². The highest BCUT2D eigenvalue weighted by molar-refractivity contribution is 7.07. The van der Waals surface area contributed by atoms with E-state index in [0.29, 0.717) is 52.7 Å². The number of rotatable bonds is 4. The Morgan fingerprint density at radius 3 is 2.64 bits per heavy atom. The molecule has 0 N–H and O–H groups in total.